The molecule has 4 rings (SSSR count). The third-order valence-corrected chi connectivity index (χ3v) is 4.79. The minimum atomic E-state index is 0.337. The van der Waals surface area contributed by atoms with E-state index in [1.54, 1.807) is 0 Å². The van der Waals surface area contributed by atoms with Crippen LogP contribution in [-0.2, 0) is 0 Å². The molecule has 136 valence electrons. The predicted molar refractivity (Wildman–Crippen MR) is 118 cm³/mol. The Balaban J connectivity index is 2.04. The largest absolute Gasteiger partial charge is 0.309 e. The van der Waals surface area contributed by atoms with E-state index >= 15 is 0 Å². The monoisotopic (exact) mass is 371 g/mol. The fourth-order valence-corrected chi connectivity index (χ4v) is 3.52. The van der Waals surface area contributed by atoms with Crippen molar-refractivity contribution in [2.24, 2.45) is 0 Å². The summed E-state index contributed by atoms with van der Waals surface area (Å²) >= 11 is 0. The Morgan fingerprint density at radius 2 is 1.34 bits per heavy atom. The Morgan fingerprint density at radius 3 is 2.14 bits per heavy atom. The van der Waals surface area contributed by atoms with E-state index in [-0.39, 0.29) is 0 Å². The van der Waals surface area contributed by atoms with Gasteiger partial charge in [0.2, 0.25) is 0 Å². The summed E-state index contributed by atoms with van der Waals surface area (Å²) in [5, 5.41) is 21.0. The maximum atomic E-state index is 9.64. The van der Waals surface area contributed by atoms with Crippen LogP contribution in [-0.4, -0.2) is 0 Å². The van der Waals surface area contributed by atoms with Crippen LogP contribution in [0.4, 0.5) is 17.1 Å². The Morgan fingerprint density at radius 1 is 0.690 bits per heavy atom. The summed E-state index contributed by atoms with van der Waals surface area (Å²) in [6.45, 7) is 0. The highest BCUT2D eigenvalue weighted by atomic mass is 15.1. The average Bonchev–Trinajstić information content (AvgIpc) is 2.79. The van der Waals surface area contributed by atoms with Gasteiger partial charge in [0.05, 0.1) is 23.0 Å². The number of para-hydroxylation sites is 2. The zero-order valence-corrected chi connectivity index (χ0v) is 15.7. The molecular weight excluding hydrogens is 354 g/mol. The lowest BCUT2D eigenvalue weighted by Crippen LogP contribution is -2.12. The number of anilines is 3. The lowest BCUT2D eigenvalue weighted by molar-refractivity contribution is 1.29. The van der Waals surface area contributed by atoms with E-state index in [0.29, 0.717) is 11.1 Å². The van der Waals surface area contributed by atoms with Crippen molar-refractivity contribution in [1.29, 1.82) is 10.5 Å². The van der Waals surface area contributed by atoms with Crippen LogP contribution in [0.15, 0.2) is 103 Å². The van der Waals surface area contributed by atoms with Crippen molar-refractivity contribution in [2.45, 2.75) is 0 Å². The molecule has 0 fully saturated rings. The van der Waals surface area contributed by atoms with Gasteiger partial charge in [0.25, 0.3) is 0 Å². The molecule has 0 atom stereocenters. The molecule has 4 aromatic carbocycles. The summed E-state index contributed by atoms with van der Waals surface area (Å²) in [4.78, 5) is 2.14. The van der Waals surface area contributed by atoms with Crippen molar-refractivity contribution in [3.8, 4) is 12.1 Å². The number of benzene rings is 4. The van der Waals surface area contributed by atoms with E-state index in [2.05, 4.69) is 35.2 Å². The molecule has 0 aliphatic carbocycles. The van der Waals surface area contributed by atoms with E-state index in [1.807, 2.05) is 78.9 Å². The van der Waals surface area contributed by atoms with E-state index in [0.717, 1.165) is 27.8 Å². The van der Waals surface area contributed by atoms with Gasteiger partial charge in [-0.25, -0.2) is 0 Å². The van der Waals surface area contributed by atoms with Gasteiger partial charge in [0, 0.05) is 22.7 Å². The SMILES string of the molecule is N#C/C=C(/C#N)c1ccccc1N(c1ccccc1)c1cccc2ccccc12. The highest BCUT2D eigenvalue weighted by molar-refractivity contribution is 6.00. The second kappa shape index (κ2) is 8.13. The van der Waals surface area contributed by atoms with Crippen molar-refractivity contribution in [3.63, 3.8) is 0 Å². The maximum absolute atomic E-state index is 9.64. The standard InChI is InChI=1S/C26H17N3/c27-18-17-21(19-28)24-14-6-7-15-25(24)29(22-11-2-1-3-12-22)26-16-8-10-20-9-4-5-13-23(20)26/h1-17H/b21-17-. The molecule has 0 radical (unpaired) electrons. The maximum Gasteiger partial charge on any atom is 0.101 e. The fraction of sp³-hybridized carbons (Fsp3) is 0. The van der Waals surface area contributed by atoms with Gasteiger partial charge in [0.15, 0.2) is 0 Å². The third-order valence-electron chi connectivity index (χ3n) is 4.79. The number of allylic oxidation sites excluding steroid dienone is 2. The van der Waals surface area contributed by atoms with Crippen LogP contribution >= 0.6 is 0 Å². The molecule has 0 N–H and O–H groups in total. The van der Waals surface area contributed by atoms with E-state index < -0.39 is 0 Å². The molecule has 3 nitrogen and oxygen atoms in total. The minimum Gasteiger partial charge on any atom is -0.309 e. The van der Waals surface area contributed by atoms with Crippen LogP contribution < -0.4 is 4.90 Å². The third kappa shape index (κ3) is 3.46. The first-order chi connectivity index (χ1) is 14.3. The summed E-state index contributed by atoms with van der Waals surface area (Å²) in [5.74, 6) is 0. The number of hydrogen-bond donors (Lipinski definition) is 0. The minimum absolute atomic E-state index is 0.337. The first kappa shape index (κ1) is 18.0. The summed E-state index contributed by atoms with van der Waals surface area (Å²) in [5.41, 5.74) is 3.89. The normalized spacial score (nSPS) is 10.9. The van der Waals surface area contributed by atoms with Gasteiger partial charge in [-0.15, -0.1) is 0 Å². The van der Waals surface area contributed by atoms with E-state index in [1.165, 1.54) is 6.08 Å². The lowest BCUT2D eigenvalue weighted by Gasteiger charge is -2.28. The molecular formula is C26H17N3. The van der Waals surface area contributed by atoms with Crippen LogP contribution in [0.3, 0.4) is 0 Å². The van der Waals surface area contributed by atoms with Crippen LogP contribution in [0, 0.1) is 22.7 Å². The average molecular weight is 371 g/mol. The highest BCUT2D eigenvalue weighted by Gasteiger charge is 2.19. The second-order valence-electron chi connectivity index (χ2n) is 6.49. The molecule has 0 amide bonds. The highest BCUT2D eigenvalue weighted by Crippen LogP contribution is 2.41. The second-order valence-corrected chi connectivity index (χ2v) is 6.49. The number of rotatable bonds is 4. The molecule has 0 aromatic heterocycles. The van der Waals surface area contributed by atoms with Gasteiger partial charge in [-0.2, -0.15) is 10.5 Å². The number of fused-ring (bicyclic) bond motifs is 1. The first-order valence-corrected chi connectivity index (χ1v) is 9.25. The number of nitrogens with zero attached hydrogens (tertiary/aromatic N) is 3. The zero-order valence-electron chi connectivity index (χ0n) is 15.7. The molecule has 0 aliphatic heterocycles. The molecule has 0 spiro atoms. The fourth-order valence-electron chi connectivity index (χ4n) is 3.52. The van der Waals surface area contributed by atoms with E-state index in [4.69, 9.17) is 5.26 Å². The molecule has 0 heterocycles. The van der Waals surface area contributed by atoms with Crippen LogP contribution in [0.2, 0.25) is 0 Å². The molecule has 0 saturated carbocycles. The lowest BCUT2D eigenvalue weighted by atomic mass is 10.0. The van der Waals surface area contributed by atoms with Gasteiger partial charge >= 0.3 is 0 Å². The smallest absolute Gasteiger partial charge is 0.101 e. The van der Waals surface area contributed by atoms with Crippen LogP contribution in [0.1, 0.15) is 5.56 Å². The Labute approximate surface area is 170 Å². The van der Waals surface area contributed by atoms with Gasteiger partial charge in [-0.05, 0) is 29.7 Å². The Kier molecular flexibility index (Phi) is 5.06. The summed E-state index contributed by atoms with van der Waals surface area (Å²) in [6.07, 6.45) is 1.30. The van der Waals surface area contributed by atoms with Crippen molar-refractivity contribution >= 4 is 33.4 Å². The van der Waals surface area contributed by atoms with Crippen molar-refractivity contribution in [3.05, 3.63) is 109 Å². The van der Waals surface area contributed by atoms with Gasteiger partial charge in [-0.3, -0.25) is 0 Å². The molecule has 29 heavy (non-hydrogen) atoms. The molecule has 0 unspecified atom stereocenters. The molecule has 4 aromatic rings. The molecule has 0 aliphatic rings. The topological polar surface area (TPSA) is 50.8 Å². The zero-order chi connectivity index (χ0) is 20.1. The summed E-state index contributed by atoms with van der Waals surface area (Å²) < 4.78 is 0. The summed E-state index contributed by atoms with van der Waals surface area (Å²) in [7, 11) is 0. The van der Waals surface area contributed by atoms with Crippen molar-refractivity contribution < 1.29 is 0 Å². The van der Waals surface area contributed by atoms with Crippen molar-refractivity contribution in [1.82, 2.24) is 0 Å². The first-order valence-electron chi connectivity index (χ1n) is 9.25. The Hall–Kier alpha value is -4.34. The van der Waals surface area contributed by atoms with Gasteiger partial charge < -0.3 is 4.90 Å². The summed E-state index contributed by atoms with van der Waals surface area (Å²) in [6, 6.07) is 36.3. The predicted octanol–water partition coefficient (Wildman–Crippen LogP) is 6.74. The van der Waals surface area contributed by atoms with Gasteiger partial charge in [0.1, 0.15) is 6.07 Å². The van der Waals surface area contributed by atoms with E-state index in [9.17, 15) is 5.26 Å². The van der Waals surface area contributed by atoms with Gasteiger partial charge in [-0.1, -0.05) is 72.8 Å². The molecule has 0 bridgehead atoms. The Bertz CT molecular complexity index is 1270. The number of nitriles is 2. The molecule has 0 saturated heterocycles. The van der Waals surface area contributed by atoms with Crippen LogP contribution in [0.5, 0.6) is 0 Å². The van der Waals surface area contributed by atoms with Crippen LogP contribution in [0.25, 0.3) is 16.3 Å². The van der Waals surface area contributed by atoms with Crippen molar-refractivity contribution in [2.75, 3.05) is 4.90 Å². The quantitative estimate of drug-likeness (QED) is 0.373. The molecule has 3 heteroatoms. The number of hydrogen-bond acceptors (Lipinski definition) is 3.